The smallest absolute Gasteiger partial charge is 0.416 e. The number of hydrogen-bond acceptors (Lipinski definition) is 2. The maximum atomic E-state index is 12.5. The monoisotopic (exact) mass is 329 g/mol. The van der Waals surface area contributed by atoms with Gasteiger partial charge in [0.05, 0.1) is 5.56 Å². The lowest BCUT2D eigenvalue weighted by atomic mass is 10.1. The second-order valence-corrected chi connectivity index (χ2v) is 4.98. The van der Waals surface area contributed by atoms with Crippen LogP contribution in [0.3, 0.4) is 0 Å². The molecule has 0 aliphatic heterocycles. The summed E-state index contributed by atoms with van der Waals surface area (Å²) in [6.45, 7) is 0.516. The lowest BCUT2D eigenvalue weighted by Gasteiger charge is -2.19. The van der Waals surface area contributed by atoms with Gasteiger partial charge in [-0.3, -0.25) is 0 Å². The van der Waals surface area contributed by atoms with Crippen LogP contribution >= 0.6 is 11.8 Å². The molecule has 22 heavy (non-hydrogen) atoms. The second-order valence-electron chi connectivity index (χ2n) is 4.71. The van der Waals surface area contributed by atoms with Crippen LogP contribution in [0.4, 0.5) is 13.2 Å². The van der Waals surface area contributed by atoms with Crippen molar-refractivity contribution in [1.29, 1.82) is 0 Å². The predicted molar refractivity (Wildman–Crippen MR) is 79.7 cm³/mol. The molecule has 6 heteroatoms. The minimum absolute atomic E-state index is 0.288. The first-order valence-electron chi connectivity index (χ1n) is 6.73. The van der Waals surface area contributed by atoms with Crippen LogP contribution in [0.25, 0.3) is 0 Å². The van der Waals surface area contributed by atoms with Gasteiger partial charge in [0.15, 0.2) is 0 Å². The summed E-state index contributed by atoms with van der Waals surface area (Å²) in [5.41, 5.74) is 0.243. The molecule has 0 aromatic heterocycles. The van der Waals surface area contributed by atoms with E-state index >= 15 is 0 Å². The largest absolute Gasteiger partial charge is 0.486 e. The molecule has 1 atom stereocenters. The van der Waals surface area contributed by atoms with Crippen molar-refractivity contribution in [1.82, 2.24) is 4.84 Å². The minimum Gasteiger partial charge on any atom is -0.486 e. The molecule has 0 bridgehead atoms. The van der Waals surface area contributed by atoms with Gasteiger partial charge in [0.2, 0.25) is 0 Å². The first kappa shape index (κ1) is 16.6. The lowest BCUT2D eigenvalue weighted by molar-refractivity contribution is -0.137. The van der Waals surface area contributed by atoms with Gasteiger partial charge in [-0.2, -0.15) is 13.2 Å². The second kappa shape index (κ2) is 7.51. The van der Waals surface area contributed by atoms with Gasteiger partial charge in [-0.1, -0.05) is 30.3 Å². The molecule has 0 fully saturated rings. The summed E-state index contributed by atoms with van der Waals surface area (Å²) in [6.07, 6.45) is -4.04. The van der Waals surface area contributed by atoms with Crippen molar-refractivity contribution in [2.45, 2.75) is 18.7 Å². The fraction of sp³-hybridized carbons (Fsp3) is 0.250. The summed E-state index contributed by atoms with van der Waals surface area (Å²) < 4.78 is 43.5. The molecular weight excluding hydrogens is 315 g/mol. The van der Waals surface area contributed by atoms with Gasteiger partial charge in [-0.25, -0.2) is 4.84 Å². The molecule has 0 amide bonds. The summed E-state index contributed by atoms with van der Waals surface area (Å²) in [4.78, 5) is 2.53. The Labute approximate surface area is 132 Å². The Morgan fingerprint density at radius 2 is 1.64 bits per heavy atom. The van der Waals surface area contributed by atoms with Crippen molar-refractivity contribution in [3.63, 3.8) is 0 Å². The van der Waals surface area contributed by atoms with Crippen molar-refractivity contribution in [3.05, 3.63) is 65.7 Å². The van der Waals surface area contributed by atoms with Crippen LogP contribution < -0.4 is 9.57 Å². The Balaban J connectivity index is 2.13. The number of nitrogens with one attached hydrogen (secondary N) is 1. The van der Waals surface area contributed by atoms with Crippen molar-refractivity contribution in [2.75, 3.05) is 6.54 Å². The average molecular weight is 330 g/mol. The third-order valence-corrected chi connectivity index (χ3v) is 3.32. The topological polar surface area (TPSA) is 21.3 Å². The highest BCUT2D eigenvalue weighted by Crippen LogP contribution is 2.31. The van der Waals surface area contributed by atoms with E-state index in [9.17, 15) is 13.2 Å². The molecule has 2 rings (SSSR count). The van der Waals surface area contributed by atoms with Gasteiger partial charge in [0.1, 0.15) is 11.9 Å². The lowest BCUT2D eigenvalue weighted by Crippen LogP contribution is -2.14. The van der Waals surface area contributed by atoms with Crippen LogP contribution in [0, 0.1) is 0 Å². The molecule has 118 valence electrons. The fourth-order valence-electron chi connectivity index (χ4n) is 2.03. The van der Waals surface area contributed by atoms with Crippen LogP contribution in [0.15, 0.2) is 54.6 Å². The van der Waals surface area contributed by atoms with Gasteiger partial charge >= 0.3 is 6.18 Å². The minimum atomic E-state index is -4.35. The van der Waals surface area contributed by atoms with Gasteiger partial charge in [-0.15, -0.1) is 0 Å². The van der Waals surface area contributed by atoms with Gasteiger partial charge < -0.3 is 4.74 Å². The Kier molecular flexibility index (Phi) is 5.69. The molecule has 1 unspecified atom stereocenters. The van der Waals surface area contributed by atoms with E-state index in [0.717, 1.165) is 17.7 Å². The van der Waals surface area contributed by atoms with E-state index in [0.29, 0.717) is 18.7 Å². The molecule has 1 N–H and O–H groups in total. The zero-order chi connectivity index (χ0) is 16.0. The number of benzene rings is 2. The van der Waals surface area contributed by atoms with Crippen molar-refractivity contribution < 1.29 is 17.9 Å². The number of hydrogen-bond donors (Lipinski definition) is 1. The fourth-order valence-corrected chi connectivity index (χ4v) is 2.14. The summed E-state index contributed by atoms with van der Waals surface area (Å²) in [6, 6.07) is 14.1. The maximum Gasteiger partial charge on any atom is 0.416 e. The highest BCUT2D eigenvalue weighted by molar-refractivity contribution is 6.13. The van der Waals surface area contributed by atoms with E-state index in [1.165, 1.54) is 12.1 Å². The molecule has 0 saturated heterocycles. The Morgan fingerprint density at radius 3 is 2.18 bits per heavy atom. The molecular formula is C16H15ClF3NO. The first-order chi connectivity index (χ1) is 10.5. The molecule has 2 aromatic carbocycles. The van der Waals surface area contributed by atoms with Crippen LogP contribution in [0.5, 0.6) is 5.75 Å². The SMILES string of the molecule is FC(F)(F)c1ccc(OC(CCNCl)c2ccccc2)cc1. The maximum absolute atomic E-state index is 12.5. The first-order valence-corrected chi connectivity index (χ1v) is 7.11. The summed E-state index contributed by atoms with van der Waals surface area (Å²) in [5.74, 6) is 0.386. The van der Waals surface area contributed by atoms with Crippen molar-refractivity contribution in [3.8, 4) is 5.75 Å². The van der Waals surface area contributed by atoms with Gasteiger partial charge in [0, 0.05) is 13.0 Å². The normalized spacial score (nSPS) is 12.9. The number of halogens is 4. The third-order valence-electron chi connectivity index (χ3n) is 3.13. The van der Waals surface area contributed by atoms with E-state index in [4.69, 9.17) is 16.5 Å². The van der Waals surface area contributed by atoms with Crippen LogP contribution in [0.1, 0.15) is 23.7 Å². The molecule has 2 nitrogen and oxygen atoms in total. The van der Waals surface area contributed by atoms with Crippen molar-refractivity contribution >= 4 is 11.8 Å². The van der Waals surface area contributed by atoms with Gasteiger partial charge in [0.25, 0.3) is 0 Å². The zero-order valence-corrected chi connectivity index (χ0v) is 12.4. The molecule has 0 aliphatic carbocycles. The van der Waals surface area contributed by atoms with Crippen molar-refractivity contribution in [2.24, 2.45) is 0 Å². The molecule has 0 radical (unpaired) electrons. The van der Waals surface area contributed by atoms with E-state index in [-0.39, 0.29) is 6.10 Å². The summed E-state index contributed by atoms with van der Waals surface area (Å²) >= 11 is 5.48. The predicted octanol–water partition coefficient (Wildman–Crippen LogP) is 4.96. The zero-order valence-electron chi connectivity index (χ0n) is 11.6. The van der Waals surface area contributed by atoms with Crippen LogP contribution in [0.2, 0.25) is 0 Å². The highest BCUT2D eigenvalue weighted by Gasteiger charge is 2.30. The Bertz CT molecular complexity index is 572. The molecule has 0 aliphatic rings. The molecule has 0 spiro atoms. The van der Waals surface area contributed by atoms with Gasteiger partial charge in [-0.05, 0) is 41.6 Å². The quantitative estimate of drug-likeness (QED) is 0.756. The molecule has 2 aromatic rings. The standard InChI is InChI=1S/C16H15ClF3NO/c17-21-11-10-15(12-4-2-1-3-5-12)22-14-8-6-13(7-9-14)16(18,19)20/h1-9,15,21H,10-11H2. The molecule has 0 heterocycles. The van der Waals surface area contributed by atoms with Crippen LogP contribution in [-0.4, -0.2) is 6.54 Å². The number of rotatable bonds is 6. The summed E-state index contributed by atoms with van der Waals surface area (Å²) in [7, 11) is 0. The average Bonchev–Trinajstić information content (AvgIpc) is 2.52. The van der Waals surface area contributed by atoms with E-state index in [1.807, 2.05) is 30.3 Å². The van der Waals surface area contributed by atoms with E-state index in [2.05, 4.69) is 4.84 Å². The molecule has 0 saturated carbocycles. The van der Waals surface area contributed by atoms with Crippen LogP contribution in [-0.2, 0) is 6.18 Å². The number of alkyl halides is 3. The Hall–Kier alpha value is -1.72. The number of ether oxygens (including phenoxy) is 1. The summed E-state index contributed by atoms with van der Waals surface area (Å²) in [5, 5.41) is 0. The Morgan fingerprint density at radius 1 is 1.00 bits per heavy atom. The van der Waals surface area contributed by atoms with E-state index < -0.39 is 11.7 Å². The highest BCUT2D eigenvalue weighted by atomic mass is 35.5. The van der Waals surface area contributed by atoms with E-state index in [1.54, 1.807) is 0 Å². The third kappa shape index (κ3) is 4.64.